The van der Waals surface area contributed by atoms with Crippen molar-refractivity contribution in [1.29, 1.82) is 0 Å². The summed E-state index contributed by atoms with van der Waals surface area (Å²) in [4.78, 5) is 0. The highest BCUT2D eigenvalue weighted by Crippen LogP contribution is 2.23. The van der Waals surface area contributed by atoms with Crippen molar-refractivity contribution in [2.24, 2.45) is 0 Å². The summed E-state index contributed by atoms with van der Waals surface area (Å²) in [6.45, 7) is 7.70. The van der Waals surface area contributed by atoms with Gasteiger partial charge in [0.1, 0.15) is 11.6 Å². The van der Waals surface area contributed by atoms with Crippen LogP contribution in [-0.2, 0) is 12.0 Å². The fraction of sp³-hybridized carbons (Fsp3) is 0.467. The summed E-state index contributed by atoms with van der Waals surface area (Å²) in [5.74, 6) is 1.79. The van der Waals surface area contributed by atoms with Gasteiger partial charge in [-0.15, -0.1) is 10.2 Å². The standard InChI is InChI=1S/C15H20ClN3O/c1-15(2,3)13-17-18-14(16)19(13)10-7-11-20-12-8-5-4-6-9-12/h4-6,8-9H,7,10-11H2,1-3H3. The van der Waals surface area contributed by atoms with E-state index in [-0.39, 0.29) is 5.41 Å². The number of nitrogens with zero attached hydrogens (tertiary/aromatic N) is 3. The van der Waals surface area contributed by atoms with Crippen LogP contribution in [-0.4, -0.2) is 21.4 Å². The highest BCUT2D eigenvalue weighted by molar-refractivity contribution is 6.28. The van der Waals surface area contributed by atoms with E-state index in [1.54, 1.807) is 0 Å². The average molecular weight is 294 g/mol. The zero-order valence-corrected chi connectivity index (χ0v) is 12.9. The quantitative estimate of drug-likeness (QED) is 0.789. The molecule has 1 aromatic carbocycles. The third kappa shape index (κ3) is 3.73. The Kier molecular flexibility index (Phi) is 4.65. The lowest BCUT2D eigenvalue weighted by molar-refractivity contribution is 0.299. The maximum atomic E-state index is 6.10. The van der Waals surface area contributed by atoms with Gasteiger partial charge in [0.05, 0.1) is 6.61 Å². The summed E-state index contributed by atoms with van der Waals surface area (Å²) in [6, 6.07) is 9.80. The van der Waals surface area contributed by atoms with Crippen molar-refractivity contribution in [2.75, 3.05) is 6.61 Å². The highest BCUT2D eigenvalue weighted by atomic mass is 35.5. The molecule has 20 heavy (non-hydrogen) atoms. The topological polar surface area (TPSA) is 39.9 Å². The molecule has 0 aliphatic carbocycles. The second kappa shape index (κ2) is 6.27. The molecule has 1 heterocycles. The Morgan fingerprint density at radius 1 is 1.15 bits per heavy atom. The molecule has 2 rings (SSSR count). The lowest BCUT2D eigenvalue weighted by atomic mass is 9.96. The largest absolute Gasteiger partial charge is 0.494 e. The number of halogens is 1. The van der Waals surface area contributed by atoms with Crippen LogP contribution >= 0.6 is 11.6 Å². The minimum atomic E-state index is -0.0690. The molecule has 0 spiro atoms. The molecule has 0 radical (unpaired) electrons. The predicted molar refractivity (Wildman–Crippen MR) is 80.3 cm³/mol. The van der Waals surface area contributed by atoms with Gasteiger partial charge in [0, 0.05) is 12.0 Å². The van der Waals surface area contributed by atoms with Gasteiger partial charge in [-0.2, -0.15) is 0 Å². The van der Waals surface area contributed by atoms with Crippen molar-refractivity contribution >= 4 is 11.6 Å². The van der Waals surface area contributed by atoms with E-state index >= 15 is 0 Å². The zero-order chi connectivity index (χ0) is 14.6. The maximum absolute atomic E-state index is 6.10. The van der Waals surface area contributed by atoms with Gasteiger partial charge >= 0.3 is 0 Å². The van der Waals surface area contributed by atoms with E-state index in [2.05, 4.69) is 31.0 Å². The Hall–Kier alpha value is -1.55. The van der Waals surface area contributed by atoms with Crippen molar-refractivity contribution in [3.8, 4) is 5.75 Å². The summed E-state index contributed by atoms with van der Waals surface area (Å²) in [5, 5.41) is 8.56. The van der Waals surface area contributed by atoms with Crippen LogP contribution in [0.2, 0.25) is 5.28 Å². The van der Waals surface area contributed by atoms with Crippen LogP contribution in [0, 0.1) is 0 Å². The second-order valence-electron chi connectivity index (χ2n) is 5.71. The first kappa shape index (κ1) is 14.9. The van der Waals surface area contributed by atoms with E-state index in [1.807, 2.05) is 34.9 Å². The fourth-order valence-electron chi connectivity index (χ4n) is 1.97. The van der Waals surface area contributed by atoms with Crippen molar-refractivity contribution in [3.63, 3.8) is 0 Å². The molecule has 0 atom stereocenters. The molecule has 0 aliphatic heterocycles. The zero-order valence-electron chi connectivity index (χ0n) is 12.1. The molecule has 0 aliphatic rings. The van der Waals surface area contributed by atoms with Gasteiger partial charge in [0.25, 0.3) is 0 Å². The van der Waals surface area contributed by atoms with Crippen LogP contribution in [0.15, 0.2) is 30.3 Å². The van der Waals surface area contributed by atoms with Crippen LogP contribution in [0.25, 0.3) is 0 Å². The molecule has 0 fully saturated rings. The Morgan fingerprint density at radius 3 is 2.50 bits per heavy atom. The Bertz CT molecular complexity index is 546. The molecule has 0 amide bonds. The van der Waals surface area contributed by atoms with Gasteiger partial charge in [0.15, 0.2) is 0 Å². The molecule has 0 bridgehead atoms. The van der Waals surface area contributed by atoms with Crippen molar-refractivity contribution < 1.29 is 4.74 Å². The molecular weight excluding hydrogens is 274 g/mol. The predicted octanol–water partition coefficient (Wildman–Crippen LogP) is 3.70. The van der Waals surface area contributed by atoms with Gasteiger partial charge in [0.2, 0.25) is 5.28 Å². The van der Waals surface area contributed by atoms with Crippen LogP contribution < -0.4 is 4.74 Å². The molecule has 2 aromatic rings. The first-order valence-corrected chi connectivity index (χ1v) is 7.13. The molecule has 0 saturated carbocycles. The van der Waals surface area contributed by atoms with E-state index in [0.717, 1.165) is 24.5 Å². The van der Waals surface area contributed by atoms with Gasteiger partial charge in [-0.05, 0) is 30.2 Å². The number of benzene rings is 1. The molecule has 0 N–H and O–H groups in total. The number of hydrogen-bond acceptors (Lipinski definition) is 3. The lowest BCUT2D eigenvalue weighted by Gasteiger charge is -2.19. The van der Waals surface area contributed by atoms with E-state index < -0.39 is 0 Å². The van der Waals surface area contributed by atoms with E-state index in [9.17, 15) is 0 Å². The van der Waals surface area contributed by atoms with E-state index in [4.69, 9.17) is 16.3 Å². The number of para-hydroxylation sites is 1. The summed E-state index contributed by atoms with van der Waals surface area (Å²) >= 11 is 6.10. The third-order valence-corrected chi connectivity index (χ3v) is 3.19. The molecule has 0 unspecified atom stereocenters. The number of hydrogen-bond donors (Lipinski definition) is 0. The fourth-order valence-corrected chi connectivity index (χ4v) is 2.17. The van der Waals surface area contributed by atoms with Gasteiger partial charge < -0.3 is 9.30 Å². The second-order valence-corrected chi connectivity index (χ2v) is 6.05. The Balaban J connectivity index is 1.90. The highest BCUT2D eigenvalue weighted by Gasteiger charge is 2.22. The van der Waals surface area contributed by atoms with Crippen LogP contribution in [0.5, 0.6) is 5.75 Å². The van der Waals surface area contributed by atoms with Crippen LogP contribution in [0.1, 0.15) is 33.0 Å². The van der Waals surface area contributed by atoms with E-state index in [1.165, 1.54) is 0 Å². The van der Waals surface area contributed by atoms with Gasteiger partial charge in [-0.25, -0.2) is 0 Å². The Morgan fingerprint density at radius 2 is 1.85 bits per heavy atom. The normalized spacial score (nSPS) is 11.6. The number of aromatic nitrogens is 3. The number of rotatable bonds is 5. The molecule has 0 saturated heterocycles. The van der Waals surface area contributed by atoms with Crippen molar-refractivity contribution in [3.05, 3.63) is 41.4 Å². The van der Waals surface area contributed by atoms with Crippen LogP contribution in [0.4, 0.5) is 0 Å². The number of ether oxygens (including phenoxy) is 1. The minimum Gasteiger partial charge on any atom is -0.494 e. The SMILES string of the molecule is CC(C)(C)c1nnc(Cl)n1CCCOc1ccccc1. The molecular formula is C15H20ClN3O. The lowest BCUT2D eigenvalue weighted by Crippen LogP contribution is -2.20. The Labute approximate surface area is 124 Å². The monoisotopic (exact) mass is 293 g/mol. The average Bonchev–Trinajstić information content (AvgIpc) is 2.77. The summed E-state index contributed by atoms with van der Waals surface area (Å²) < 4.78 is 7.63. The molecule has 1 aromatic heterocycles. The third-order valence-electron chi connectivity index (χ3n) is 2.91. The van der Waals surface area contributed by atoms with Crippen molar-refractivity contribution in [2.45, 2.75) is 39.2 Å². The first-order chi connectivity index (χ1) is 9.48. The van der Waals surface area contributed by atoms with Gasteiger partial charge in [-0.1, -0.05) is 39.0 Å². The van der Waals surface area contributed by atoms with Crippen LogP contribution in [0.3, 0.4) is 0 Å². The molecule has 4 nitrogen and oxygen atoms in total. The first-order valence-electron chi connectivity index (χ1n) is 6.75. The smallest absolute Gasteiger partial charge is 0.225 e. The summed E-state index contributed by atoms with van der Waals surface area (Å²) in [5.41, 5.74) is -0.0690. The maximum Gasteiger partial charge on any atom is 0.225 e. The summed E-state index contributed by atoms with van der Waals surface area (Å²) in [6.07, 6.45) is 0.857. The molecule has 108 valence electrons. The summed E-state index contributed by atoms with van der Waals surface area (Å²) in [7, 11) is 0. The minimum absolute atomic E-state index is 0.0690. The van der Waals surface area contributed by atoms with E-state index in [0.29, 0.717) is 11.9 Å². The van der Waals surface area contributed by atoms with Gasteiger partial charge in [-0.3, -0.25) is 0 Å². The molecule has 5 heteroatoms. The van der Waals surface area contributed by atoms with Crippen molar-refractivity contribution in [1.82, 2.24) is 14.8 Å².